The lowest BCUT2D eigenvalue weighted by Crippen LogP contribution is -2.70. The Morgan fingerprint density at radius 1 is 0.765 bits per heavy atom. The highest BCUT2D eigenvalue weighted by Gasteiger charge is 2.56. The Bertz CT molecular complexity index is 231. The molecule has 1 aliphatic carbocycles. The first kappa shape index (κ1) is 14.8. The van der Waals surface area contributed by atoms with E-state index < -0.39 is 36.1 Å². The van der Waals surface area contributed by atoms with Gasteiger partial charge in [0.2, 0.25) is 0 Å². The lowest BCUT2D eigenvalue weighted by molar-refractivity contribution is -0.270. The van der Waals surface area contributed by atoms with E-state index in [1.165, 1.54) is 0 Å². The Morgan fingerprint density at radius 3 is 1.65 bits per heavy atom. The van der Waals surface area contributed by atoms with Crippen LogP contribution in [0.1, 0.15) is 19.3 Å². The molecule has 0 aliphatic heterocycles. The zero-order chi connectivity index (χ0) is 13.2. The first-order valence-electron chi connectivity index (χ1n) is 5.60. The van der Waals surface area contributed by atoms with Crippen molar-refractivity contribution in [1.82, 2.24) is 0 Å². The molecule has 7 heteroatoms. The lowest BCUT2D eigenvalue weighted by atomic mass is 9.72. The van der Waals surface area contributed by atoms with Gasteiger partial charge < -0.3 is 35.7 Å². The van der Waals surface area contributed by atoms with Crippen molar-refractivity contribution in [2.75, 3.05) is 6.61 Å². The highest BCUT2D eigenvalue weighted by molar-refractivity contribution is 5.08. The van der Waals surface area contributed by atoms with Gasteiger partial charge in [-0.1, -0.05) is 0 Å². The number of rotatable bonds is 4. The lowest BCUT2D eigenvalue weighted by Gasteiger charge is -2.47. The summed E-state index contributed by atoms with van der Waals surface area (Å²) < 4.78 is 0. The molecule has 0 aromatic carbocycles. The van der Waals surface area contributed by atoms with E-state index in [4.69, 9.17) is 5.11 Å². The smallest absolute Gasteiger partial charge is 0.121 e. The zero-order valence-electron chi connectivity index (χ0n) is 9.35. The summed E-state index contributed by atoms with van der Waals surface area (Å²) >= 11 is 0. The molecule has 6 atom stereocenters. The van der Waals surface area contributed by atoms with Crippen LogP contribution in [0.4, 0.5) is 0 Å². The van der Waals surface area contributed by atoms with Crippen LogP contribution in [-0.2, 0) is 0 Å². The Labute approximate surface area is 98.6 Å². The minimum absolute atomic E-state index is 0.100. The normalized spacial score (nSPS) is 47.1. The number of hydrogen-bond acceptors (Lipinski definition) is 7. The van der Waals surface area contributed by atoms with E-state index in [0.29, 0.717) is 12.8 Å². The molecule has 7 nitrogen and oxygen atoms in total. The molecule has 0 amide bonds. The summed E-state index contributed by atoms with van der Waals surface area (Å²) in [5.41, 5.74) is -2.09. The summed E-state index contributed by atoms with van der Waals surface area (Å²) in [6.45, 7) is -0.101. The van der Waals surface area contributed by atoms with Crippen molar-refractivity contribution in [2.24, 2.45) is 0 Å². The van der Waals surface area contributed by atoms with Crippen LogP contribution in [0.5, 0.6) is 0 Å². The van der Waals surface area contributed by atoms with Crippen LogP contribution < -0.4 is 0 Å². The second-order valence-corrected chi connectivity index (χ2v) is 4.53. The highest BCUT2D eigenvalue weighted by Crippen LogP contribution is 2.34. The van der Waals surface area contributed by atoms with Gasteiger partial charge in [0.05, 0.1) is 0 Å². The summed E-state index contributed by atoms with van der Waals surface area (Å²) in [5, 5.41) is 66.2. The molecule has 1 aliphatic rings. The van der Waals surface area contributed by atoms with Crippen molar-refractivity contribution < 1.29 is 35.7 Å². The molecule has 0 heterocycles. The SMILES string of the molecule is OCCCCC1(O)[C@@H](O)[C@H](O)C(O)[C@H](O)[C@@H]1O. The maximum absolute atomic E-state index is 10.1. The van der Waals surface area contributed by atoms with Crippen molar-refractivity contribution in [3.05, 3.63) is 0 Å². The standard InChI is InChI=1S/C10H20O7/c11-4-2-1-3-10(17)8(15)6(13)5(12)7(14)9(10)16/h5-9,11-17H,1-4H2/t5?,6-,7+,8-,9-,10?/m0/s1. The van der Waals surface area contributed by atoms with E-state index in [9.17, 15) is 30.6 Å². The second kappa shape index (κ2) is 5.57. The van der Waals surface area contributed by atoms with Crippen LogP contribution >= 0.6 is 0 Å². The van der Waals surface area contributed by atoms with Crippen molar-refractivity contribution in [3.63, 3.8) is 0 Å². The molecule has 2 unspecified atom stereocenters. The predicted octanol–water partition coefficient (Wildman–Crippen LogP) is -3.30. The minimum Gasteiger partial charge on any atom is -0.396 e. The van der Waals surface area contributed by atoms with Gasteiger partial charge in [0.25, 0.3) is 0 Å². The monoisotopic (exact) mass is 252 g/mol. The molecular formula is C10H20O7. The van der Waals surface area contributed by atoms with Gasteiger partial charge in [-0.2, -0.15) is 0 Å². The molecule has 1 rings (SSSR count). The van der Waals surface area contributed by atoms with Crippen molar-refractivity contribution in [3.8, 4) is 0 Å². The summed E-state index contributed by atoms with van der Waals surface area (Å²) in [7, 11) is 0. The number of hydrogen-bond donors (Lipinski definition) is 7. The van der Waals surface area contributed by atoms with E-state index >= 15 is 0 Å². The van der Waals surface area contributed by atoms with Gasteiger partial charge in [0.15, 0.2) is 0 Å². The quantitative estimate of drug-likeness (QED) is 0.260. The first-order valence-corrected chi connectivity index (χ1v) is 5.60. The first-order chi connectivity index (χ1) is 7.86. The third-order valence-electron chi connectivity index (χ3n) is 3.36. The van der Waals surface area contributed by atoms with Gasteiger partial charge >= 0.3 is 0 Å². The molecule has 0 saturated heterocycles. The molecule has 0 bridgehead atoms. The van der Waals surface area contributed by atoms with E-state index in [1.807, 2.05) is 0 Å². The number of unbranched alkanes of at least 4 members (excludes halogenated alkanes) is 1. The Hall–Kier alpha value is -0.280. The summed E-state index contributed by atoms with van der Waals surface area (Å²) in [6.07, 6.45) is -8.12. The van der Waals surface area contributed by atoms with Gasteiger partial charge in [-0.25, -0.2) is 0 Å². The third kappa shape index (κ3) is 2.60. The average molecular weight is 252 g/mol. The predicted molar refractivity (Wildman–Crippen MR) is 55.9 cm³/mol. The molecule has 1 fully saturated rings. The van der Waals surface area contributed by atoms with Gasteiger partial charge in [-0.3, -0.25) is 0 Å². The third-order valence-corrected chi connectivity index (χ3v) is 3.36. The number of aliphatic hydroxyl groups is 7. The highest BCUT2D eigenvalue weighted by atomic mass is 16.4. The fourth-order valence-electron chi connectivity index (χ4n) is 2.16. The van der Waals surface area contributed by atoms with Gasteiger partial charge in [-0.05, 0) is 19.3 Å². The van der Waals surface area contributed by atoms with E-state index in [0.717, 1.165) is 0 Å². The fraction of sp³-hybridized carbons (Fsp3) is 1.00. The van der Waals surface area contributed by atoms with Gasteiger partial charge in [0.1, 0.15) is 36.1 Å². The summed E-state index contributed by atoms with van der Waals surface area (Å²) in [4.78, 5) is 0. The number of aliphatic hydroxyl groups excluding tert-OH is 6. The van der Waals surface area contributed by atoms with Gasteiger partial charge in [-0.15, -0.1) is 0 Å². The van der Waals surface area contributed by atoms with E-state index in [-0.39, 0.29) is 13.0 Å². The van der Waals surface area contributed by atoms with Crippen LogP contribution in [0.25, 0.3) is 0 Å². The van der Waals surface area contributed by atoms with Crippen molar-refractivity contribution in [1.29, 1.82) is 0 Å². The van der Waals surface area contributed by atoms with Crippen LogP contribution in [0, 0.1) is 0 Å². The molecule has 0 aromatic rings. The second-order valence-electron chi connectivity index (χ2n) is 4.53. The molecule has 7 N–H and O–H groups in total. The minimum atomic E-state index is -2.09. The fourth-order valence-corrected chi connectivity index (χ4v) is 2.16. The van der Waals surface area contributed by atoms with Crippen LogP contribution in [0.15, 0.2) is 0 Å². The average Bonchev–Trinajstić information content (AvgIpc) is 2.32. The Kier molecular flexibility index (Phi) is 4.85. The zero-order valence-corrected chi connectivity index (χ0v) is 9.35. The summed E-state index contributed by atoms with van der Waals surface area (Å²) in [5.74, 6) is 0. The molecular weight excluding hydrogens is 232 g/mol. The van der Waals surface area contributed by atoms with Crippen LogP contribution in [0.2, 0.25) is 0 Å². The Balaban J connectivity index is 2.80. The Morgan fingerprint density at radius 2 is 1.24 bits per heavy atom. The maximum Gasteiger partial charge on any atom is 0.121 e. The van der Waals surface area contributed by atoms with Crippen LogP contribution in [0.3, 0.4) is 0 Å². The summed E-state index contributed by atoms with van der Waals surface area (Å²) in [6, 6.07) is 0. The molecule has 0 spiro atoms. The molecule has 1 saturated carbocycles. The largest absolute Gasteiger partial charge is 0.396 e. The molecule has 17 heavy (non-hydrogen) atoms. The van der Waals surface area contributed by atoms with Gasteiger partial charge in [0, 0.05) is 6.61 Å². The van der Waals surface area contributed by atoms with Crippen molar-refractivity contribution in [2.45, 2.75) is 55.4 Å². The topological polar surface area (TPSA) is 142 Å². The molecule has 0 radical (unpaired) electrons. The maximum atomic E-state index is 10.1. The van der Waals surface area contributed by atoms with E-state index in [1.54, 1.807) is 0 Å². The van der Waals surface area contributed by atoms with Crippen molar-refractivity contribution >= 4 is 0 Å². The van der Waals surface area contributed by atoms with E-state index in [2.05, 4.69) is 0 Å². The molecule has 102 valence electrons. The molecule has 0 aromatic heterocycles. The van der Waals surface area contributed by atoms with Crippen LogP contribution in [-0.4, -0.2) is 78.5 Å².